The van der Waals surface area contributed by atoms with Crippen LogP contribution in [0.3, 0.4) is 0 Å². The van der Waals surface area contributed by atoms with Crippen molar-refractivity contribution >= 4 is 40.6 Å². The zero-order valence-electron chi connectivity index (χ0n) is 16.6. The van der Waals surface area contributed by atoms with Gasteiger partial charge >= 0.3 is 12.1 Å². The summed E-state index contributed by atoms with van der Waals surface area (Å²) in [6, 6.07) is 6.12. The van der Waals surface area contributed by atoms with Gasteiger partial charge in [0.05, 0.1) is 22.8 Å². The number of carboxylic acids is 1. The number of nitrogens with zero attached hydrogens (tertiary/aromatic N) is 2. The molecule has 0 saturated heterocycles. The Bertz CT molecular complexity index is 1110. The van der Waals surface area contributed by atoms with Gasteiger partial charge in [0.1, 0.15) is 11.9 Å². The Balaban J connectivity index is 2.46. The lowest BCUT2D eigenvalue weighted by Gasteiger charge is -2.30. The average Bonchev–Trinajstić information content (AvgIpc) is 2.72. The van der Waals surface area contributed by atoms with E-state index in [1.165, 1.54) is 32.2 Å². The molecule has 2 aromatic rings. The summed E-state index contributed by atoms with van der Waals surface area (Å²) in [4.78, 5) is 24.2. The normalized spacial score (nSPS) is 11.8. The van der Waals surface area contributed by atoms with Crippen LogP contribution in [0.2, 0.25) is 0 Å². The SMILES string of the molecule is CNC(=O)c1ccc(N(C(=S)Nc2ccc(C#N)c(C(F)(F)F)c2)[C@@H](C)C(=O)O)cc1F. The maximum absolute atomic E-state index is 14.4. The Morgan fingerprint density at radius 2 is 1.88 bits per heavy atom. The fraction of sp³-hybridized carbons (Fsp3) is 0.200. The summed E-state index contributed by atoms with van der Waals surface area (Å²) in [5.41, 5.74) is -2.30. The van der Waals surface area contributed by atoms with E-state index in [0.29, 0.717) is 6.07 Å². The van der Waals surface area contributed by atoms with Gasteiger partial charge in [0, 0.05) is 18.4 Å². The van der Waals surface area contributed by atoms with Crippen molar-refractivity contribution in [1.82, 2.24) is 5.32 Å². The number of thiocarbonyl (C=S) groups is 1. The van der Waals surface area contributed by atoms with Gasteiger partial charge in [-0.1, -0.05) is 0 Å². The van der Waals surface area contributed by atoms with Crippen molar-refractivity contribution in [3.63, 3.8) is 0 Å². The van der Waals surface area contributed by atoms with Gasteiger partial charge in [0.25, 0.3) is 5.91 Å². The number of carboxylic acid groups (broad SMARTS) is 1. The highest BCUT2D eigenvalue weighted by molar-refractivity contribution is 7.80. The maximum Gasteiger partial charge on any atom is 0.417 e. The van der Waals surface area contributed by atoms with E-state index in [2.05, 4.69) is 10.6 Å². The van der Waals surface area contributed by atoms with Gasteiger partial charge in [0.2, 0.25) is 0 Å². The summed E-state index contributed by atoms with van der Waals surface area (Å²) >= 11 is 5.19. The molecular weight excluding hydrogens is 452 g/mol. The number of carbonyl (C=O) groups excluding carboxylic acids is 1. The molecule has 0 aromatic heterocycles. The fourth-order valence-electron chi connectivity index (χ4n) is 2.74. The monoisotopic (exact) mass is 468 g/mol. The van der Waals surface area contributed by atoms with E-state index < -0.39 is 41.0 Å². The number of halogens is 4. The summed E-state index contributed by atoms with van der Waals surface area (Å²) in [6.07, 6.45) is -4.81. The van der Waals surface area contributed by atoms with Crippen LogP contribution in [0.15, 0.2) is 36.4 Å². The quantitative estimate of drug-likeness (QED) is 0.453. The number of anilines is 2. The number of benzene rings is 2. The van der Waals surface area contributed by atoms with Crippen LogP contribution in [0.4, 0.5) is 28.9 Å². The highest BCUT2D eigenvalue weighted by Gasteiger charge is 2.34. The molecule has 0 saturated carbocycles. The summed E-state index contributed by atoms with van der Waals surface area (Å²) in [5.74, 6) is -3.00. The number of hydrogen-bond donors (Lipinski definition) is 3. The highest BCUT2D eigenvalue weighted by Crippen LogP contribution is 2.34. The number of aliphatic carboxylic acids is 1. The third-order valence-corrected chi connectivity index (χ3v) is 4.66. The van der Waals surface area contributed by atoms with E-state index >= 15 is 0 Å². The van der Waals surface area contributed by atoms with E-state index in [4.69, 9.17) is 17.5 Å². The van der Waals surface area contributed by atoms with Gasteiger partial charge < -0.3 is 20.6 Å². The molecule has 2 aromatic carbocycles. The van der Waals surface area contributed by atoms with Crippen LogP contribution in [0.5, 0.6) is 0 Å². The van der Waals surface area contributed by atoms with E-state index in [1.54, 1.807) is 0 Å². The smallest absolute Gasteiger partial charge is 0.417 e. The molecule has 2 rings (SSSR count). The lowest BCUT2D eigenvalue weighted by Crippen LogP contribution is -2.45. The topological polar surface area (TPSA) is 105 Å². The minimum absolute atomic E-state index is 0.0488. The Labute approximate surface area is 185 Å². The van der Waals surface area contributed by atoms with E-state index in [9.17, 15) is 32.3 Å². The number of hydrogen-bond acceptors (Lipinski definition) is 4. The number of carbonyl (C=O) groups is 2. The second-order valence-electron chi connectivity index (χ2n) is 6.43. The number of nitriles is 1. The molecule has 0 unspecified atom stereocenters. The Hall–Kier alpha value is -3.72. The molecule has 0 heterocycles. The van der Waals surface area contributed by atoms with E-state index in [-0.39, 0.29) is 22.1 Å². The van der Waals surface area contributed by atoms with Gasteiger partial charge in [-0.15, -0.1) is 0 Å². The standard InChI is InChI=1S/C20H16F4N4O3S/c1-10(18(30)31)28(13-5-6-14(16(21)8-13)17(29)26-2)19(32)27-12-4-3-11(9-25)15(7-12)20(22,23)24/h3-8,10H,1-2H3,(H,26,29)(H,27,32)(H,30,31)/t10-/m0/s1. The van der Waals surface area contributed by atoms with Crippen LogP contribution in [-0.2, 0) is 11.0 Å². The van der Waals surface area contributed by atoms with E-state index in [0.717, 1.165) is 23.1 Å². The van der Waals surface area contributed by atoms with Gasteiger partial charge in [-0.05, 0) is 55.5 Å². The molecule has 0 aliphatic rings. The van der Waals surface area contributed by atoms with Crippen LogP contribution < -0.4 is 15.5 Å². The second-order valence-corrected chi connectivity index (χ2v) is 6.81. The molecule has 1 atom stereocenters. The van der Waals surface area contributed by atoms with Crippen LogP contribution in [0, 0.1) is 17.1 Å². The first kappa shape index (κ1) is 24.5. The molecule has 12 heteroatoms. The number of nitrogens with one attached hydrogen (secondary N) is 2. The summed E-state index contributed by atoms with van der Waals surface area (Å²) < 4.78 is 54.1. The van der Waals surface area contributed by atoms with Crippen molar-refractivity contribution in [3.8, 4) is 6.07 Å². The first-order valence-electron chi connectivity index (χ1n) is 8.86. The molecule has 7 nitrogen and oxygen atoms in total. The fourth-order valence-corrected chi connectivity index (χ4v) is 3.12. The van der Waals surface area contributed by atoms with Crippen LogP contribution in [-0.4, -0.2) is 35.2 Å². The first-order chi connectivity index (χ1) is 14.9. The molecule has 0 bridgehead atoms. The molecule has 0 aliphatic heterocycles. The summed E-state index contributed by atoms with van der Waals surface area (Å²) in [7, 11) is 1.31. The van der Waals surface area contributed by atoms with Crippen molar-refractivity contribution < 1.29 is 32.3 Å². The molecular formula is C20H16F4N4O3S. The molecule has 0 aliphatic carbocycles. The summed E-state index contributed by atoms with van der Waals surface area (Å²) in [6.45, 7) is 1.24. The van der Waals surface area contributed by atoms with Crippen molar-refractivity contribution in [2.75, 3.05) is 17.3 Å². The first-order valence-corrected chi connectivity index (χ1v) is 9.27. The van der Waals surface area contributed by atoms with Crippen molar-refractivity contribution in [2.24, 2.45) is 0 Å². The van der Waals surface area contributed by atoms with Crippen molar-refractivity contribution in [3.05, 3.63) is 58.9 Å². The number of alkyl halides is 3. The predicted molar refractivity (Wildman–Crippen MR) is 112 cm³/mol. The van der Waals surface area contributed by atoms with Crippen LogP contribution in [0.25, 0.3) is 0 Å². The average molecular weight is 468 g/mol. The third-order valence-electron chi connectivity index (χ3n) is 4.36. The zero-order chi connectivity index (χ0) is 24.2. The van der Waals surface area contributed by atoms with E-state index in [1.807, 2.05) is 0 Å². The van der Waals surface area contributed by atoms with Crippen LogP contribution >= 0.6 is 12.2 Å². The Morgan fingerprint density at radius 1 is 1.22 bits per heavy atom. The van der Waals surface area contributed by atoms with Gasteiger partial charge in [-0.3, -0.25) is 4.79 Å². The van der Waals surface area contributed by atoms with Crippen molar-refractivity contribution in [2.45, 2.75) is 19.1 Å². The molecule has 3 N–H and O–H groups in total. The predicted octanol–water partition coefficient (Wildman–Crippen LogP) is 3.75. The largest absolute Gasteiger partial charge is 0.480 e. The minimum atomic E-state index is -4.81. The number of rotatable bonds is 5. The maximum atomic E-state index is 14.4. The molecule has 0 fully saturated rings. The summed E-state index contributed by atoms with van der Waals surface area (Å²) in [5, 5.41) is 22.7. The molecule has 0 spiro atoms. The second kappa shape index (κ2) is 9.61. The minimum Gasteiger partial charge on any atom is -0.480 e. The molecule has 1 amide bonds. The molecule has 32 heavy (non-hydrogen) atoms. The lowest BCUT2D eigenvalue weighted by atomic mass is 10.1. The molecule has 168 valence electrons. The Kier molecular flexibility index (Phi) is 7.37. The van der Waals surface area contributed by atoms with Gasteiger partial charge in [-0.25, -0.2) is 9.18 Å². The van der Waals surface area contributed by atoms with Crippen molar-refractivity contribution in [1.29, 1.82) is 5.26 Å². The van der Waals surface area contributed by atoms with Gasteiger partial charge in [-0.2, -0.15) is 18.4 Å². The zero-order valence-corrected chi connectivity index (χ0v) is 17.4. The highest BCUT2D eigenvalue weighted by atomic mass is 32.1. The third kappa shape index (κ3) is 5.30. The van der Waals surface area contributed by atoms with Gasteiger partial charge in [0.15, 0.2) is 5.11 Å². The number of amides is 1. The lowest BCUT2D eigenvalue weighted by molar-refractivity contribution is -0.138. The Morgan fingerprint density at radius 3 is 2.38 bits per heavy atom. The molecule has 0 radical (unpaired) electrons. The van der Waals surface area contributed by atoms with Crippen LogP contribution in [0.1, 0.15) is 28.4 Å².